The molecule has 24 heavy (non-hydrogen) atoms. The fourth-order valence-corrected chi connectivity index (χ4v) is 3.25. The molecular formula is C20H14O4. The molecule has 0 fully saturated rings. The van der Waals surface area contributed by atoms with Crippen molar-refractivity contribution in [3.8, 4) is 22.6 Å². The molecule has 0 N–H and O–H groups in total. The first-order valence-electron chi connectivity index (χ1n) is 7.57. The van der Waals surface area contributed by atoms with Gasteiger partial charge in [0.2, 0.25) is 0 Å². The molecule has 0 bridgehead atoms. The third-order valence-electron chi connectivity index (χ3n) is 4.25. The second-order valence-electron chi connectivity index (χ2n) is 5.68. The van der Waals surface area contributed by atoms with Crippen LogP contribution in [-0.4, -0.2) is 18.9 Å². The van der Waals surface area contributed by atoms with Crippen LogP contribution >= 0.6 is 0 Å². The van der Waals surface area contributed by atoms with Crippen molar-refractivity contribution >= 4 is 22.5 Å². The quantitative estimate of drug-likeness (QED) is 0.414. The second-order valence-corrected chi connectivity index (χ2v) is 5.68. The van der Waals surface area contributed by atoms with E-state index in [2.05, 4.69) is 0 Å². The number of esters is 1. The Hall–Kier alpha value is -3.14. The van der Waals surface area contributed by atoms with E-state index in [1.54, 1.807) is 13.2 Å². The molecule has 0 saturated carbocycles. The first-order chi connectivity index (χ1) is 11.6. The lowest BCUT2D eigenvalue weighted by molar-refractivity contribution is -0.131. The summed E-state index contributed by atoms with van der Waals surface area (Å²) in [4.78, 5) is 24.2. The lowest BCUT2D eigenvalue weighted by Crippen LogP contribution is -2.04. The maximum atomic E-state index is 12.7. The van der Waals surface area contributed by atoms with Crippen LogP contribution in [0, 0.1) is 0 Å². The first-order valence-corrected chi connectivity index (χ1v) is 7.57. The van der Waals surface area contributed by atoms with E-state index in [0.717, 1.165) is 21.9 Å². The van der Waals surface area contributed by atoms with Crippen molar-refractivity contribution in [3.05, 3.63) is 59.7 Å². The Labute approximate surface area is 138 Å². The molecule has 0 atom stereocenters. The zero-order valence-corrected chi connectivity index (χ0v) is 13.3. The van der Waals surface area contributed by atoms with E-state index in [4.69, 9.17) is 9.47 Å². The summed E-state index contributed by atoms with van der Waals surface area (Å²) in [6.07, 6.45) is 0. The number of carbonyl (C=O) groups excluding carboxylic acids is 2. The molecule has 4 rings (SSSR count). The van der Waals surface area contributed by atoms with Crippen molar-refractivity contribution in [1.29, 1.82) is 0 Å². The van der Waals surface area contributed by atoms with Gasteiger partial charge in [-0.15, -0.1) is 0 Å². The highest BCUT2D eigenvalue weighted by Crippen LogP contribution is 2.45. The molecule has 118 valence electrons. The monoisotopic (exact) mass is 318 g/mol. The molecule has 4 heteroatoms. The maximum absolute atomic E-state index is 12.7. The van der Waals surface area contributed by atoms with E-state index in [9.17, 15) is 9.59 Å². The second kappa shape index (κ2) is 5.20. The maximum Gasteiger partial charge on any atom is 0.308 e. The first kappa shape index (κ1) is 14.5. The van der Waals surface area contributed by atoms with Gasteiger partial charge in [0, 0.05) is 29.0 Å². The van der Waals surface area contributed by atoms with E-state index >= 15 is 0 Å². The van der Waals surface area contributed by atoms with Crippen molar-refractivity contribution in [2.75, 3.05) is 7.11 Å². The summed E-state index contributed by atoms with van der Waals surface area (Å²) in [5, 5.41) is 1.61. The smallest absolute Gasteiger partial charge is 0.308 e. The van der Waals surface area contributed by atoms with Crippen LogP contribution in [0.15, 0.2) is 48.5 Å². The number of fused-ring (bicyclic) bond motifs is 5. The van der Waals surface area contributed by atoms with Crippen LogP contribution in [0.1, 0.15) is 22.8 Å². The van der Waals surface area contributed by atoms with Crippen LogP contribution in [0.4, 0.5) is 0 Å². The summed E-state index contributed by atoms with van der Waals surface area (Å²) in [6, 6.07) is 14.7. The van der Waals surface area contributed by atoms with Crippen LogP contribution in [0.3, 0.4) is 0 Å². The molecule has 0 aromatic heterocycles. The molecule has 0 saturated heterocycles. The minimum Gasteiger partial charge on any atom is -0.497 e. The van der Waals surface area contributed by atoms with Gasteiger partial charge >= 0.3 is 5.97 Å². The lowest BCUT2D eigenvalue weighted by atomic mass is 9.97. The molecule has 0 spiro atoms. The van der Waals surface area contributed by atoms with Gasteiger partial charge in [0.1, 0.15) is 11.5 Å². The third kappa shape index (κ3) is 2.00. The van der Waals surface area contributed by atoms with Gasteiger partial charge in [-0.05, 0) is 35.2 Å². The molecule has 0 aliphatic heterocycles. The molecule has 0 amide bonds. The molecule has 0 heterocycles. The fourth-order valence-electron chi connectivity index (χ4n) is 3.25. The van der Waals surface area contributed by atoms with Gasteiger partial charge in [-0.25, -0.2) is 0 Å². The topological polar surface area (TPSA) is 52.6 Å². The number of benzene rings is 3. The third-order valence-corrected chi connectivity index (χ3v) is 4.25. The van der Waals surface area contributed by atoms with Crippen molar-refractivity contribution in [2.45, 2.75) is 6.92 Å². The molecule has 4 nitrogen and oxygen atoms in total. The Bertz CT molecular complexity index is 1020. The Balaban J connectivity index is 2.11. The van der Waals surface area contributed by atoms with Gasteiger partial charge < -0.3 is 9.47 Å². The number of ketones is 1. The number of ether oxygens (including phenoxy) is 2. The lowest BCUT2D eigenvalue weighted by Gasteiger charge is -2.12. The SMILES string of the molecule is COc1ccc2c3c(cc(OC(C)=O)c2c1)C(=O)c1ccccc1-3. The number of hydrogen-bond donors (Lipinski definition) is 0. The van der Waals surface area contributed by atoms with E-state index in [1.807, 2.05) is 42.5 Å². The molecule has 0 unspecified atom stereocenters. The number of hydrogen-bond acceptors (Lipinski definition) is 4. The van der Waals surface area contributed by atoms with E-state index in [0.29, 0.717) is 22.6 Å². The molecule has 3 aromatic rings. The highest BCUT2D eigenvalue weighted by molar-refractivity contribution is 6.26. The van der Waals surface area contributed by atoms with Crippen molar-refractivity contribution in [3.63, 3.8) is 0 Å². The van der Waals surface area contributed by atoms with Gasteiger partial charge in [0.05, 0.1) is 7.11 Å². The average molecular weight is 318 g/mol. The molecule has 1 aliphatic carbocycles. The van der Waals surface area contributed by atoms with Gasteiger partial charge in [0.15, 0.2) is 5.78 Å². The molecule has 1 aliphatic rings. The summed E-state index contributed by atoms with van der Waals surface area (Å²) in [5.74, 6) is 0.554. The molecular weight excluding hydrogens is 304 g/mol. The Morgan fingerprint density at radius 3 is 2.38 bits per heavy atom. The van der Waals surface area contributed by atoms with Crippen LogP contribution < -0.4 is 9.47 Å². The highest BCUT2D eigenvalue weighted by Gasteiger charge is 2.29. The number of methoxy groups -OCH3 is 1. The minimum atomic E-state index is -0.429. The number of carbonyl (C=O) groups is 2. The van der Waals surface area contributed by atoms with Crippen molar-refractivity contribution < 1.29 is 19.1 Å². The normalized spacial score (nSPS) is 12.0. The Kier molecular flexibility index (Phi) is 3.13. The van der Waals surface area contributed by atoms with Gasteiger partial charge in [-0.1, -0.05) is 24.3 Å². The minimum absolute atomic E-state index is 0.0493. The van der Waals surface area contributed by atoms with Crippen LogP contribution in [-0.2, 0) is 4.79 Å². The Morgan fingerprint density at radius 1 is 0.917 bits per heavy atom. The largest absolute Gasteiger partial charge is 0.497 e. The van der Waals surface area contributed by atoms with Crippen LogP contribution in [0.2, 0.25) is 0 Å². The average Bonchev–Trinajstić information content (AvgIpc) is 2.87. The van der Waals surface area contributed by atoms with E-state index in [-0.39, 0.29) is 5.78 Å². The van der Waals surface area contributed by atoms with E-state index < -0.39 is 5.97 Å². The summed E-state index contributed by atoms with van der Waals surface area (Å²) < 4.78 is 10.6. The molecule has 0 radical (unpaired) electrons. The van der Waals surface area contributed by atoms with Crippen molar-refractivity contribution in [2.24, 2.45) is 0 Å². The van der Waals surface area contributed by atoms with Crippen molar-refractivity contribution in [1.82, 2.24) is 0 Å². The predicted octanol–water partition coefficient (Wildman–Crippen LogP) is 3.99. The summed E-state index contributed by atoms with van der Waals surface area (Å²) >= 11 is 0. The van der Waals surface area contributed by atoms with Gasteiger partial charge in [-0.2, -0.15) is 0 Å². The highest BCUT2D eigenvalue weighted by atomic mass is 16.5. The standard InChI is InChI=1S/C20H14O4/c1-11(21)24-18-10-17-19(13-5-3-4-6-15(13)20(17)22)14-8-7-12(23-2)9-16(14)18/h3-10H,1-2H3. The summed E-state index contributed by atoms with van der Waals surface area (Å²) in [7, 11) is 1.58. The van der Waals surface area contributed by atoms with Crippen LogP contribution in [0.25, 0.3) is 21.9 Å². The summed E-state index contributed by atoms with van der Waals surface area (Å²) in [5.41, 5.74) is 3.01. The summed E-state index contributed by atoms with van der Waals surface area (Å²) in [6.45, 7) is 1.34. The fraction of sp³-hybridized carbons (Fsp3) is 0.100. The predicted molar refractivity (Wildman–Crippen MR) is 90.7 cm³/mol. The van der Waals surface area contributed by atoms with Crippen LogP contribution in [0.5, 0.6) is 11.5 Å². The van der Waals surface area contributed by atoms with E-state index in [1.165, 1.54) is 6.92 Å². The van der Waals surface area contributed by atoms with Gasteiger partial charge in [0.25, 0.3) is 0 Å². The zero-order chi connectivity index (χ0) is 16.8. The zero-order valence-electron chi connectivity index (χ0n) is 13.3. The molecule has 3 aromatic carbocycles. The Morgan fingerprint density at radius 2 is 1.67 bits per heavy atom. The van der Waals surface area contributed by atoms with Gasteiger partial charge in [-0.3, -0.25) is 9.59 Å². The number of rotatable bonds is 2.